The molecule has 34 heavy (non-hydrogen) atoms. The summed E-state index contributed by atoms with van der Waals surface area (Å²) < 4.78 is 22.0. The lowest BCUT2D eigenvalue weighted by Gasteiger charge is -2.16. The van der Waals surface area contributed by atoms with Gasteiger partial charge >= 0.3 is 5.97 Å². The van der Waals surface area contributed by atoms with Gasteiger partial charge in [0.2, 0.25) is 0 Å². The number of hydrogen-bond acceptors (Lipinski definition) is 6. The number of methoxy groups -OCH3 is 2. The molecule has 0 bridgehead atoms. The summed E-state index contributed by atoms with van der Waals surface area (Å²) in [4.78, 5) is 22.0. The minimum Gasteiger partial charge on any atom is -0.493 e. The van der Waals surface area contributed by atoms with E-state index in [0.717, 1.165) is 25.7 Å². The smallest absolute Gasteiger partial charge is 0.335 e. The lowest BCUT2D eigenvalue weighted by Crippen LogP contribution is -2.12. The van der Waals surface area contributed by atoms with Crippen LogP contribution in [0.25, 0.3) is 0 Å². The SMILES string of the molecule is COc1ccc(C(=O)Cl)cc1OC1CCCC1.COc1ccc(C(=O)O)cc1OC1CCCC1. The first-order valence-electron chi connectivity index (χ1n) is 11.5. The standard InChI is InChI=1S/C13H15ClO3.C13H16O4/c2*1-16-11-7-6-9(13(14)15)8-12(11)17-10-4-2-3-5-10/h6-8,10H,2-5H2,1H3;6-8,10H,2-5H2,1H3,(H,14,15). The number of carbonyl (C=O) groups excluding carboxylic acids is 1. The number of halogens is 1. The van der Waals surface area contributed by atoms with E-state index in [2.05, 4.69) is 0 Å². The van der Waals surface area contributed by atoms with Crippen LogP contribution in [0.15, 0.2) is 36.4 Å². The monoisotopic (exact) mass is 490 g/mol. The number of ether oxygens (including phenoxy) is 4. The lowest BCUT2D eigenvalue weighted by molar-refractivity contribution is 0.0695. The molecule has 0 atom stereocenters. The molecular formula is C26H31ClO7. The third kappa shape index (κ3) is 7.03. The van der Waals surface area contributed by atoms with E-state index in [-0.39, 0.29) is 17.8 Å². The number of aromatic carboxylic acids is 1. The van der Waals surface area contributed by atoms with Crippen LogP contribution in [0.1, 0.15) is 72.1 Å². The van der Waals surface area contributed by atoms with Gasteiger partial charge in [-0.15, -0.1) is 0 Å². The fourth-order valence-electron chi connectivity index (χ4n) is 4.16. The first kappa shape index (κ1) is 25.7. The van der Waals surface area contributed by atoms with Crippen molar-refractivity contribution >= 4 is 22.8 Å². The molecule has 0 spiro atoms. The van der Waals surface area contributed by atoms with Gasteiger partial charge in [0.1, 0.15) is 0 Å². The summed E-state index contributed by atoms with van der Waals surface area (Å²) in [7, 11) is 3.14. The Morgan fingerprint density at radius 1 is 0.735 bits per heavy atom. The molecule has 2 aliphatic rings. The molecule has 2 aliphatic carbocycles. The minimum absolute atomic E-state index is 0.188. The summed E-state index contributed by atoms with van der Waals surface area (Å²) in [5, 5.41) is 8.45. The van der Waals surface area contributed by atoms with Gasteiger partial charge < -0.3 is 24.1 Å². The Balaban J connectivity index is 0.000000191. The van der Waals surface area contributed by atoms with E-state index in [9.17, 15) is 9.59 Å². The number of carboxylic acids is 1. The second-order valence-corrected chi connectivity index (χ2v) is 8.70. The lowest BCUT2D eigenvalue weighted by atomic mass is 10.2. The number of benzene rings is 2. The molecule has 7 nitrogen and oxygen atoms in total. The molecule has 0 saturated heterocycles. The highest BCUT2D eigenvalue weighted by atomic mass is 35.5. The number of carbonyl (C=O) groups is 2. The zero-order chi connectivity index (χ0) is 24.5. The zero-order valence-electron chi connectivity index (χ0n) is 19.6. The molecule has 0 radical (unpaired) electrons. The van der Waals surface area contributed by atoms with Gasteiger partial charge in [0.15, 0.2) is 23.0 Å². The van der Waals surface area contributed by atoms with Crippen molar-refractivity contribution in [3.8, 4) is 23.0 Å². The van der Waals surface area contributed by atoms with Crippen LogP contribution in [0.2, 0.25) is 0 Å². The number of hydrogen-bond donors (Lipinski definition) is 1. The second-order valence-electron chi connectivity index (χ2n) is 8.36. The molecule has 0 amide bonds. The predicted octanol–water partition coefficient (Wildman–Crippen LogP) is 6.11. The molecule has 0 aliphatic heterocycles. The molecule has 2 aromatic carbocycles. The van der Waals surface area contributed by atoms with Gasteiger partial charge in [-0.2, -0.15) is 0 Å². The number of rotatable bonds is 8. The van der Waals surface area contributed by atoms with Gasteiger partial charge in [-0.05, 0) is 99.4 Å². The van der Waals surface area contributed by atoms with E-state index in [4.69, 9.17) is 35.7 Å². The van der Waals surface area contributed by atoms with E-state index >= 15 is 0 Å². The normalized spacial score (nSPS) is 15.9. The quantitative estimate of drug-likeness (QED) is 0.446. The van der Waals surface area contributed by atoms with E-state index < -0.39 is 11.2 Å². The third-order valence-corrected chi connectivity index (χ3v) is 6.21. The Kier molecular flexibility index (Phi) is 9.45. The highest BCUT2D eigenvalue weighted by molar-refractivity contribution is 6.67. The Morgan fingerprint density at radius 2 is 1.15 bits per heavy atom. The van der Waals surface area contributed by atoms with Gasteiger partial charge in [0.05, 0.1) is 32.0 Å². The van der Waals surface area contributed by atoms with Crippen LogP contribution in [-0.2, 0) is 0 Å². The maximum Gasteiger partial charge on any atom is 0.335 e. The van der Waals surface area contributed by atoms with Crippen molar-refractivity contribution in [2.24, 2.45) is 0 Å². The Bertz CT molecular complexity index is 900. The summed E-state index contributed by atoms with van der Waals surface area (Å²) in [6, 6.07) is 9.66. The van der Waals surface area contributed by atoms with E-state index in [1.165, 1.54) is 37.8 Å². The molecule has 184 valence electrons. The van der Waals surface area contributed by atoms with Gasteiger partial charge in [-0.25, -0.2) is 4.79 Å². The predicted molar refractivity (Wildman–Crippen MR) is 129 cm³/mol. The van der Waals surface area contributed by atoms with Crippen molar-refractivity contribution in [3.05, 3.63) is 47.5 Å². The molecule has 1 N–H and O–H groups in total. The Hall–Kier alpha value is -2.93. The van der Waals surface area contributed by atoms with Gasteiger partial charge in [-0.1, -0.05) is 0 Å². The van der Waals surface area contributed by atoms with Crippen molar-refractivity contribution in [2.45, 2.75) is 63.6 Å². The molecule has 0 unspecified atom stereocenters. The van der Waals surface area contributed by atoms with Gasteiger partial charge in [0, 0.05) is 5.56 Å². The summed E-state index contributed by atoms with van der Waals surface area (Å²) in [5.41, 5.74) is 0.652. The minimum atomic E-state index is -0.955. The van der Waals surface area contributed by atoms with E-state index in [1.807, 2.05) is 0 Å². The van der Waals surface area contributed by atoms with E-state index in [1.54, 1.807) is 38.5 Å². The maximum atomic E-state index is 11.1. The van der Waals surface area contributed by atoms with Crippen LogP contribution >= 0.6 is 11.6 Å². The average molecular weight is 491 g/mol. The van der Waals surface area contributed by atoms with Crippen LogP contribution in [0.4, 0.5) is 0 Å². The van der Waals surface area contributed by atoms with Crippen LogP contribution in [0.5, 0.6) is 23.0 Å². The van der Waals surface area contributed by atoms with Crippen molar-refractivity contribution in [1.29, 1.82) is 0 Å². The van der Waals surface area contributed by atoms with Crippen molar-refractivity contribution < 1.29 is 33.6 Å². The third-order valence-electron chi connectivity index (χ3n) is 5.99. The molecule has 4 rings (SSSR count). The van der Waals surface area contributed by atoms with E-state index in [0.29, 0.717) is 28.6 Å². The van der Waals surface area contributed by atoms with Crippen molar-refractivity contribution in [1.82, 2.24) is 0 Å². The molecule has 0 aromatic heterocycles. The molecular weight excluding hydrogens is 460 g/mol. The highest BCUT2D eigenvalue weighted by Gasteiger charge is 2.20. The molecule has 2 fully saturated rings. The second kappa shape index (κ2) is 12.5. The van der Waals surface area contributed by atoms with Crippen LogP contribution in [0.3, 0.4) is 0 Å². The Morgan fingerprint density at radius 3 is 1.53 bits per heavy atom. The summed E-state index contributed by atoms with van der Waals surface area (Å²) in [6.45, 7) is 0. The topological polar surface area (TPSA) is 91.3 Å². The summed E-state index contributed by atoms with van der Waals surface area (Å²) >= 11 is 5.45. The molecule has 2 aromatic rings. The van der Waals surface area contributed by atoms with Crippen molar-refractivity contribution in [2.75, 3.05) is 14.2 Å². The largest absolute Gasteiger partial charge is 0.493 e. The van der Waals surface area contributed by atoms with Gasteiger partial charge in [0.25, 0.3) is 5.24 Å². The highest BCUT2D eigenvalue weighted by Crippen LogP contribution is 2.33. The molecule has 0 heterocycles. The van der Waals surface area contributed by atoms with Crippen LogP contribution in [0, 0.1) is 0 Å². The first-order chi connectivity index (χ1) is 16.4. The fourth-order valence-corrected chi connectivity index (χ4v) is 4.28. The summed E-state index contributed by atoms with van der Waals surface area (Å²) in [6.07, 6.45) is 9.32. The maximum absolute atomic E-state index is 11.1. The zero-order valence-corrected chi connectivity index (χ0v) is 20.3. The average Bonchev–Trinajstić information content (AvgIpc) is 3.54. The molecule has 2 saturated carbocycles. The number of carboxylic acid groups (broad SMARTS) is 1. The summed E-state index contributed by atoms with van der Waals surface area (Å²) in [5.74, 6) is 1.40. The van der Waals surface area contributed by atoms with Gasteiger partial charge in [-0.3, -0.25) is 4.79 Å². The van der Waals surface area contributed by atoms with Crippen LogP contribution in [-0.4, -0.2) is 42.7 Å². The Labute approximate surface area is 204 Å². The fraction of sp³-hybridized carbons (Fsp3) is 0.462. The van der Waals surface area contributed by atoms with Crippen molar-refractivity contribution in [3.63, 3.8) is 0 Å². The first-order valence-corrected chi connectivity index (χ1v) is 11.9. The molecule has 8 heteroatoms. The van der Waals surface area contributed by atoms with Crippen LogP contribution < -0.4 is 18.9 Å².